The molecule has 0 saturated carbocycles. The van der Waals surface area contributed by atoms with Crippen molar-refractivity contribution < 1.29 is 18.5 Å². The van der Waals surface area contributed by atoms with Gasteiger partial charge in [-0.2, -0.15) is 4.31 Å². The Labute approximate surface area is 178 Å². The van der Waals surface area contributed by atoms with Crippen molar-refractivity contribution in [2.24, 2.45) is 0 Å². The van der Waals surface area contributed by atoms with Crippen molar-refractivity contribution in [1.82, 2.24) is 4.57 Å². The number of anilines is 1. The van der Waals surface area contributed by atoms with E-state index in [-0.39, 0.29) is 18.3 Å². The fraction of sp³-hybridized carbons (Fsp3) is 0.261. The Balaban J connectivity index is 1.76. The van der Waals surface area contributed by atoms with Crippen LogP contribution >= 0.6 is 0 Å². The van der Waals surface area contributed by atoms with Gasteiger partial charge in [-0.05, 0) is 61.7 Å². The third-order valence-electron chi connectivity index (χ3n) is 5.46. The maximum atomic E-state index is 14.1. The van der Waals surface area contributed by atoms with Crippen LogP contribution in [0, 0.1) is 12.7 Å². The SMILES string of the molecule is CCOC(=O)Cn1c(C)c(Cc2ccc3c(c2)N(C)[S+]([O-])C=C3)c2cc(F)ccc21. The highest BCUT2D eigenvalue weighted by Gasteiger charge is 2.22. The highest BCUT2D eigenvalue weighted by Crippen LogP contribution is 2.33. The second-order valence-electron chi connectivity index (χ2n) is 7.26. The third-order valence-corrected chi connectivity index (χ3v) is 6.56. The fourth-order valence-corrected chi connectivity index (χ4v) is 4.72. The first-order valence-electron chi connectivity index (χ1n) is 9.77. The maximum Gasteiger partial charge on any atom is 0.325 e. The van der Waals surface area contributed by atoms with Crippen LogP contribution in [0.5, 0.6) is 0 Å². The number of carbonyl (C=O) groups is 1. The summed E-state index contributed by atoms with van der Waals surface area (Å²) in [5.41, 5.74) is 5.59. The largest absolute Gasteiger partial charge is 0.588 e. The predicted octanol–water partition coefficient (Wildman–Crippen LogP) is 4.33. The van der Waals surface area contributed by atoms with E-state index in [2.05, 4.69) is 0 Å². The Morgan fingerprint density at radius 3 is 2.80 bits per heavy atom. The van der Waals surface area contributed by atoms with Gasteiger partial charge in [0.05, 0.1) is 30.7 Å². The second kappa shape index (κ2) is 8.16. The summed E-state index contributed by atoms with van der Waals surface area (Å²) in [5, 5.41) is 2.45. The van der Waals surface area contributed by atoms with E-state index in [1.165, 1.54) is 12.1 Å². The third kappa shape index (κ3) is 3.70. The minimum absolute atomic E-state index is 0.0819. The summed E-state index contributed by atoms with van der Waals surface area (Å²) >= 11 is -1.19. The molecule has 1 atom stereocenters. The van der Waals surface area contributed by atoms with Gasteiger partial charge in [-0.1, -0.05) is 12.1 Å². The zero-order valence-corrected chi connectivity index (χ0v) is 18.0. The molecule has 1 unspecified atom stereocenters. The number of ether oxygens (including phenoxy) is 1. The number of rotatable bonds is 5. The number of aromatic nitrogens is 1. The number of hydrogen-bond donors (Lipinski definition) is 0. The molecule has 0 radical (unpaired) electrons. The van der Waals surface area contributed by atoms with Crippen molar-refractivity contribution >= 4 is 40.0 Å². The zero-order valence-electron chi connectivity index (χ0n) is 17.1. The first-order valence-corrected chi connectivity index (χ1v) is 10.9. The number of halogens is 1. The van der Waals surface area contributed by atoms with Gasteiger partial charge in [-0.25, -0.2) is 4.39 Å². The molecule has 0 spiro atoms. The Bertz CT molecular complexity index is 1160. The average molecular weight is 427 g/mol. The van der Waals surface area contributed by atoms with Crippen LogP contribution in [0.1, 0.15) is 29.3 Å². The van der Waals surface area contributed by atoms with E-state index in [4.69, 9.17) is 4.74 Å². The molecule has 4 rings (SSSR count). The Kier molecular flexibility index (Phi) is 5.58. The molecule has 1 aromatic heterocycles. The lowest BCUT2D eigenvalue weighted by Crippen LogP contribution is -2.27. The quantitative estimate of drug-likeness (QED) is 0.450. The second-order valence-corrected chi connectivity index (χ2v) is 8.64. The number of fused-ring (bicyclic) bond motifs is 2. The molecule has 5 nitrogen and oxygen atoms in total. The molecule has 30 heavy (non-hydrogen) atoms. The van der Waals surface area contributed by atoms with Crippen molar-refractivity contribution in [2.45, 2.75) is 26.8 Å². The summed E-state index contributed by atoms with van der Waals surface area (Å²) in [6, 6.07) is 10.7. The first-order chi connectivity index (χ1) is 14.4. The number of carbonyl (C=O) groups excluding carboxylic acids is 1. The van der Waals surface area contributed by atoms with E-state index in [9.17, 15) is 13.7 Å². The molecule has 0 saturated heterocycles. The van der Waals surface area contributed by atoms with Gasteiger partial charge >= 0.3 is 5.97 Å². The summed E-state index contributed by atoms with van der Waals surface area (Å²) in [6.45, 7) is 4.11. The minimum atomic E-state index is -1.19. The van der Waals surface area contributed by atoms with Crippen LogP contribution in [-0.2, 0) is 33.9 Å². The van der Waals surface area contributed by atoms with E-state index in [0.29, 0.717) is 13.0 Å². The van der Waals surface area contributed by atoms with Crippen LogP contribution in [0.15, 0.2) is 41.8 Å². The molecule has 0 amide bonds. The summed E-state index contributed by atoms with van der Waals surface area (Å²) < 4.78 is 34.9. The number of esters is 1. The summed E-state index contributed by atoms with van der Waals surface area (Å²) in [4.78, 5) is 12.1. The normalized spacial score (nSPS) is 15.5. The van der Waals surface area contributed by atoms with Crippen molar-refractivity contribution in [3.05, 3.63) is 70.0 Å². The number of hydrogen-bond acceptors (Lipinski definition) is 4. The van der Waals surface area contributed by atoms with Crippen LogP contribution in [0.2, 0.25) is 0 Å². The molecule has 7 heteroatoms. The molecule has 2 aromatic carbocycles. The van der Waals surface area contributed by atoms with Gasteiger partial charge in [-0.3, -0.25) is 4.79 Å². The molecule has 2 heterocycles. The number of benzene rings is 2. The molecule has 0 fully saturated rings. The van der Waals surface area contributed by atoms with Crippen LogP contribution in [0.3, 0.4) is 0 Å². The van der Waals surface area contributed by atoms with E-state index in [1.54, 1.807) is 29.8 Å². The zero-order chi connectivity index (χ0) is 21.4. The van der Waals surface area contributed by atoms with Gasteiger partial charge in [0, 0.05) is 22.2 Å². The lowest BCUT2D eigenvalue weighted by molar-refractivity contribution is -0.143. The Morgan fingerprint density at radius 2 is 2.03 bits per heavy atom. The van der Waals surface area contributed by atoms with Gasteiger partial charge in [0.15, 0.2) is 0 Å². The summed E-state index contributed by atoms with van der Waals surface area (Å²) in [6.07, 6.45) is 2.43. The molecule has 1 aliphatic rings. The highest BCUT2D eigenvalue weighted by molar-refractivity contribution is 7.95. The summed E-state index contributed by atoms with van der Waals surface area (Å²) in [5.74, 6) is -0.638. The van der Waals surface area contributed by atoms with Crippen LogP contribution < -0.4 is 4.31 Å². The minimum Gasteiger partial charge on any atom is -0.588 e. The van der Waals surface area contributed by atoms with Crippen LogP contribution in [0.4, 0.5) is 10.1 Å². The lowest BCUT2D eigenvalue weighted by atomic mass is 9.99. The van der Waals surface area contributed by atoms with Gasteiger partial charge in [0.2, 0.25) is 0 Å². The lowest BCUT2D eigenvalue weighted by Gasteiger charge is -2.24. The van der Waals surface area contributed by atoms with Gasteiger partial charge < -0.3 is 13.9 Å². The molecular formula is C23H23FN2O3S. The molecule has 1 aliphatic heterocycles. The predicted molar refractivity (Wildman–Crippen MR) is 118 cm³/mol. The van der Waals surface area contributed by atoms with Crippen LogP contribution in [0.25, 0.3) is 17.0 Å². The molecular weight excluding hydrogens is 403 g/mol. The molecule has 0 N–H and O–H groups in total. The maximum absolute atomic E-state index is 14.1. The van der Waals surface area contributed by atoms with Gasteiger partial charge in [0.25, 0.3) is 0 Å². The van der Waals surface area contributed by atoms with E-state index >= 15 is 0 Å². The van der Waals surface area contributed by atoms with Crippen molar-refractivity contribution in [3.8, 4) is 0 Å². The number of nitrogens with zero attached hydrogens (tertiary/aromatic N) is 2. The molecule has 0 bridgehead atoms. The van der Waals surface area contributed by atoms with Gasteiger partial charge in [-0.15, -0.1) is 0 Å². The van der Waals surface area contributed by atoms with Gasteiger partial charge in [0.1, 0.15) is 17.8 Å². The smallest absolute Gasteiger partial charge is 0.325 e. The van der Waals surface area contributed by atoms with E-state index in [0.717, 1.165) is 39.0 Å². The summed E-state index contributed by atoms with van der Waals surface area (Å²) in [7, 11) is 1.80. The average Bonchev–Trinajstić information content (AvgIpc) is 2.96. The van der Waals surface area contributed by atoms with Crippen molar-refractivity contribution in [2.75, 3.05) is 18.0 Å². The monoisotopic (exact) mass is 426 g/mol. The topological polar surface area (TPSA) is 57.5 Å². The van der Waals surface area contributed by atoms with E-state index < -0.39 is 11.4 Å². The molecule has 0 aliphatic carbocycles. The molecule has 3 aromatic rings. The molecule has 156 valence electrons. The fourth-order valence-electron chi connectivity index (χ4n) is 3.92. The Morgan fingerprint density at radius 1 is 1.23 bits per heavy atom. The Hall–Kier alpha value is -2.77. The van der Waals surface area contributed by atoms with E-state index in [1.807, 2.05) is 35.8 Å². The van der Waals surface area contributed by atoms with Crippen molar-refractivity contribution in [3.63, 3.8) is 0 Å². The standard InChI is InChI=1S/C23H23FN2O3S/c1-4-29-23(27)14-26-15(2)19(20-13-18(24)7-8-21(20)26)11-16-5-6-17-9-10-30(28)25(3)22(17)12-16/h5-10,12-13H,4,11,14H2,1-3H3. The first kappa shape index (κ1) is 20.5. The van der Waals surface area contributed by atoms with Crippen molar-refractivity contribution in [1.29, 1.82) is 0 Å². The highest BCUT2D eigenvalue weighted by atomic mass is 32.2. The van der Waals surface area contributed by atoms with Crippen LogP contribution in [-0.4, -0.2) is 28.7 Å².